The molecule has 2 heterocycles. The molecule has 0 aromatic heterocycles. The minimum Gasteiger partial charge on any atom is -0.467 e. The largest absolute Gasteiger partial charge is 0.467 e. The van der Waals surface area contributed by atoms with Crippen molar-refractivity contribution in [2.75, 3.05) is 7.11 Å². The number of carbonyl (C=O) groups is 3. The Hall–Kier alpha value is -3.03. The number of hydrogen-bond acceptors (Lipinski definition) is 7. The quantitative estimate of drug-likeness (QED) is 0.549. The lowest BCUT2D eigenvalue weighted by molar-refractivity contribution is -0.122. The van der Waals surface area contributed by atoms with Crippen LogP contribution in [0.5, 0.6) is 0 Å². The summed E-state index contributed by atoms with van der Waals surface area (Å²) >= 11 is 0. The summed E-state index contributed by atoms with van der Waals surface area (Å²) in [5, 5.41) is 8.08. The van der Waals surface area contributed by atoms with E-state index in [1.54, 1.807) is 25.1 Å². The number of amides is 2. The highest BCUT2D eigenvalue weighted by atomic mass is 16.7. The number of carbonyl (C=O) groups excluding carboxylic acids is 3. The maximum Gasteiger partial charge on any atom is 0.311 e. The van der Waals surface area contributed by atoms with Crippen molar-refractivity contribution in [3.63, 3.8) is 0 Å². The van der Waals surface area contributed by atoms with E-state index in [0.29, 0.717) is 18.4 Å². The second kappa shape index (κ2) is 7.92. The van der Waals surface area contributed by atoms with Crippen molar-refractivity contribution in [2.24, 2.45) is 10.2 Å². The van der Waals surface area contributed by atoms with E-state index >= 15 is 0 Å². The topological polar surface area (TPSA) is 97.6 Å². The van der Waals surface area contributed by atoms with Gasteiger partial charge in [-0.15, -0.1) is 10.2 Å². The molecule has 2 aliphatic heterocycles. The van der Waals surface area contributed by atoms with Crippen LogP contribution in [0, 0.1) is 0 Å². The standard InChI is InChI=1S/C20H23N3O5/c1-5-12(6-2)23-18(25)13-8-7-9-14(16(13)19(23)26)21-22-17-15(24)10-11(3)28-20(17)27-4/h7-9,11-12H,5-6,10H2,1-4H3. The molecule has 0 radical (unpaired) electrons. The first kappa shape index (κ1) is 19.7. The fourth-order valence-electron chi connectivity index (χ4n) is 3.45. The molecule has 0 N–H and O–H groups in total. The van der Waals surface area contributed by atoms with Gasteiger partial charge < -0.3 is 9.47 Å². The predicted octanol–water partition coefficient (Wildman–Crippen LogP) is 3.75. The molecule has 8 heteroatoms. The molecule has 0 aliphatic carbocycles. The van der Waals surface area contributed by atoms with Crippen LogP contribution in [0.3, 0.4) is 0 Å². The van der Waals surface area contributed by atoms with Gasteiger partial charge in [-0.25, -0.2) is 0 Å². The zero-order chi connectivity index (χ0) is 20.4. The summed E-state index contributed by atoms with van der Waals surface area (Å²) in [7, 11) is 1.38. The Kier molecular flexibility index (Phi) is 5.58. The zero-order valence-corrected chi connectivity index (χ0v) is 16.4. The first-order chi connectivity index (χ1) is 13.4. The first-order valence-electron chi connectivity index (χ1n) is 9.33. The van der Waals surface area contributed by atoms with Crippen LogP contribution in [0.25, 0.3) is 0 Å². The molecule has 2 amide bonds. The summed E-state index contributed by atoms with van der Waals surface area (Å²) in [5.74, 6) is -0.966. The number of hydrogen-bond donors (Lipinski definition) is 0. The van der Waals surface area contributed by atoms with Crippen molar-refractivity contribution in [2.45, 2.75) is 52.2 Å². The molecule has 2 aliphatic rings. The summed E-state index contributed by atoms with van der Waals surface area (Å²) in [4.78, 5) is 39.2. The number of imide groups is 1. The number of azo groups is 1. The molecule has 8 nitrogen and oxygen atoms in total. The molecule has 0 bridgehead atoms. The molecule has 3 rings (SSSR count). The van der Waals surface area contributed by atoms with Crippen LogP contribution in [0.1, 0.15) is 60.7 Å². The van der Waals surface area contributed by atoms with Gasteiger partial charge in [0.2, 0.25) is 5.70 Å². The molecule has 0 saturated carbocycles. The highest BCUT2D eigenvalue weighted by Gasteiger charge is 2.40. The van der Waals surface area contributed by atoms with Crippen LogP contribution in [-0.4, -0.2) is 41.8 Å². The number of Topliss-reactive ketones (excluding diaryl/α,β-unsaturated/α-hetero) is 1. The molecule has 1 aromatic carbocycles. The van der Waals surface area contributed by atoms with Crippen LogP contribution in [0.15, 0.2) is 40.1 Å². The zero-order valence-electron chi connectivity index (χ0n) is 16.4. The van der Waals surface area contributed by atoms with E-state index in [0.717, 1.165) is 0 Å². The highest BCUT2D eigenvalue weighted by Crippen LogP contribution is 2.34. The van der Waals surface area contributed by atoms with Crippen molar-refractivity contribution in [3.05, 3.63) is 41.0 Å². The number of benzene rings is 1. The fourth-order valence-corrected chi connectivity index (χ4v) is 3.45. The lowest BCUT2D eigenvalue weighted by atomic mass is 10.1. The summed E-state index contributed by atoms with van der Waals surface area (Å²) in [5.41, 5.74) is 0.708. The molecule has 0 fully saturated rings. The summed E-state index contributed by atoms with van der Waals surface area (Å²) in [6.07, 6.45) is 1.20. The van der Waals surface area contributed by atoms with Crippen molar-refractivity contribution < 1.29 is 23.9 Å². The van der Waals surface area contributed by atoms with Gasteiger partial charge in [0.15, 0.2) is 5.78 Å². The van der Waals surface area contributed by atoms with Crippen molar-refractivity contribution >= 4 is 23.3 Å². The number of fused-ring (bicyclic) bond motifs is 1. The highest BCUT2D eigenvalue weighted by molar-refractivity contribution is 6.23. The molecular formula is C20H23N3O5. The van der Waals surface area contributed by atoms with E-state index in [-0.39, 0.29) is 59.1 Å². The average Bonchev–Trinajstić information content (AvgIpc) is 2.93. The van der Waals surface area contributed by atoms with Gasteiger partial charge in [0, 0.05) is 12.5 Å². The number of rotatable bonds is 6. The minimum atomic E-state index is -0.385. The van der Waals surface area contributed by atoms with Gasteiger partial charge in [-0.2, -0.15) is 0 Å². The molecule has 1 aromatic rings. The molecule has 0 spiro atoms. The third kappa shape index (κ3) is 3.30. The molecule has 1 atom stereocenters. The second-order valence-corrected chi connectivity index (χ2v) is 6.75. The summed E-state index contributed by atoms with van der Waals surface area (Å²) < 4.78 is 10.6. The Balaban J connectivity index is 2.00. The monoisotopic (exact) mass is 385 g/mol. The number of nitrogens with zero attached hydrogens (tertiary/aromatic N) is 3. The van der Waals surface area contributed by atoms with Crippen LogP contribution < -0.4 is 0 Å². The molecule has 1 unspecified atom stereocenters. The molecule has 0 saturated heterocycles. The normalized spacial score (nSPS) is 19.7. The Morgan fingerprint density at radius 3 is 2.54 bits per heavy atom. The van der Waals surface area contributed by atoms with Gasteiger partial charge in [0.25, 0.3) is 11.8 Å². The van der Waals surface area contributed by atoms with E-state index in [4.69, 9.17) is 9.47 Å². The summed E-state index contributed by atoms with van der Waals surface area (Å²) in [6, 6.07) is 4.66. The average molecular weight is 385 g/mol. The Bertz CT molecular complexity index is 886. The molecular weight excluding hydrogens is 362 g/mol. The van der Waals surface area contributed by atoms with E-state index < -0.39 is 0 Å². The Labute approximate surface area is 163 Å². The predicted molar refractivity (Wildman–Crippen MR) is 100 cm³/mol. The van der Waals surface area contributed by atoms with Crippen molar-refractivity contribution in [1.29, 1.82) is 0 Å². The van der Waals surface area contributed by atoms with Crippen LogP contribution in [0.4, 0.5) is 5.69 Å². The van der Waals surface area contributed by atoms with Crippen LogP contribution in [0.2, 0.25) is 0 Å². The van der Waals surface area contributed by atoms with Crippen LogP contribution in [-0.2, 0) is 14.3 Å². The van der Waals surface area contributed by atoms with E-state index in [1.807, 2.05) is 13.8 Å². The smallest absolute Gasteiger partial charge is 0.311 e. The van der Waals surface area contributed by atoms with Gasteiger partial charge in [-0.1, -0.05) is 19.9 Å². The third-order valence-electron chi connectivity index (χ3n) is 4.91. The Morgan fingerprint density at radius 1 is 1.18 bits per heavy atom. The SMILES string of the molecule is CCC(CC)N1C(=O)c2cccc(N=NC3=C(OC)OC(C)CC3=O)c2C1=O. The number of methoxy groups -OCH3 is 1. The lowest BCUT2D eigenvalue weighted by Gasteiger charge is -2.23. The van der Waals surface area contributed by atoms with E-state index in [9.17, 15) is 14.4 Å². The van der Waals surface area contributed by atoms with Crippen LogP contribution >= 0.6 is 0 Å². The van der Waals surface area contributed by atoms with Gasteiger partial charge >= 0.3 is 5.95 Å². The minimum absolute atomic E-state index is 0.00105. The Morgan fingerprint density at radius 2 is 1.89 bits per heavy atom. The number of ether oxygens (including phenoxy) is 2. The number of ketones is 1. The van der Waals surface area contributed by atoms with E-state index in [2.05, 4.69) is 10.2 Å². The van der Waals surface area contributed by atoms with Crippen molar-refractivity contribution in [1.82, 2.24) is 4.90 Å². The fraction of sp³-hybridized carbons (Fsp3) is 0.450. The molecule has 148 valence electrons. The maximum atomic E-state index is 12.9. The van der Waals surface area contributed by atoms with Gasteiger partial charge in [-0.3, -0.25) is 19.3 Å². The maximum absolute atomic E-state index is 12.9. The first-order valence-corrected chi connectivity index (χ1v) is 9.33. The molecule has 28 heavy (non-hydrogen) atoms. The summed E-state index contributed by atoms with van der Waals surface area (Å²) in [6.45, 7) is 5.63. The third-order valence-corrected chi connectivity index (χ3v) is 4.91. The van der Waals surface area contributed by atoms with Gasteiger partial charge in [-0.05, 0) is 31.9 Å². The number of allylic oxidation sites excluding steroid dienone is 1. The van der Waals surface area contributed by atoms with Gasteiger partial charge in [0.1, 0.15) is 6.10 Å². The lowest BCUT2D eigenvalue weighted by Crippen LogP contribution is -2.39. The second-order valence-electron chi connectivity index (χ2n) is 6.75. The van der Waals surface area contributed by atoms with E-state index in [1.165, 1.54) is 12.0 Å². The van der Waals surface area contributed by atoms with Gasteiger partial charge in [0.05, 0.1) is 23.9 Å². The van der Waals surface area contributed by atoms with Crippen molar-refractivity contribution in [3.8, 4) is 0 Å².